The minimum absolute atomic E-state index is 0.0719. The van der Waals surface area contributed by atoms with Gasteiger partial charge in [0.1, 0.15) is 6.29 Å². The van der Waals surface area contributed by atoms with E-state index in [9.17, 15) is 9.59 Å². The fourth-order valence-corrected chi connectivity index (χ4v) is 1.75. The van der Waals surface area contributed by atoms with Gasteiger partial charge in [-0.3, -0.25) is 4.79 Å². The molecule has 0 spiro atoms. The normalized spacial score (nSPS) is 12.7. The van der Waals surface area contributed by atoms with E-state index in [1.54, 1.807) is 0 Å². The SMILES string of the molecule is O=CCC(Br)C(=O)CI. The summed E-state index contributed by atoms with van der Waals surface area (Å²) in [6, 6.07) is 0. The highest BCUT2D eigenvalue weighted by atomic mass is 127. The molecule has 0 radical (unpaired) electrons. The minimum Gasteiger partial charge on any atom is -0.303 e. The highest BCUT2D eigenvalue weighted by Gasteiger charge is 2.11. The summed E-state index contributed by atoms with van der Waals surface area (Å²) in [5.41, 5.74) is 0. The van der Waals surface area contributed by atoms with Crippen molar-refractivity contribution in [2.45, 2.75) is 11.2 Å². The summed E-state index contributed by atoms with van der Waals surface area (Å²) in [6.07, 6.45) is 1.02. The zero-order chi connectivity index (χ0) is 7.28. The molecule has 1 atom stereocenters. The zero-order valence-corrected chi connectivity index (χ0v) is 8.38. The molecule has 0 saturated carbocycles. The van der Waals surface area contributed by atoms with Crippen molar-refractivity contribution in [1.82, 2.24) is 0 Å². The number of ketones is 1. The Labute approximate surface area is 75.7 Å². The number of carbonyl (C=O) groups excluding carboxylic acids is 2. The maximum atomic E-state index is 10.7. The average molecular weight is 305 g/mol. The lowest BCUT2D eigenvalue weighted by Crippen LogP contribution is -2.14. The number of hydrogen-bond donors (Lipinski definition) is 0. The first kappa shape index (κ1) is 9.55. The molecule has 0 aromatic carbocycles. The second-order valence-corrected chi connectivity index (χ2v) is 3.34. The molecular weight excluding hydrogens is 299 g/mol. The summed E-state index contributed by atoms with van der Waals surface area (Å²) >= 11 is 5.05. The lowest BCUT2D eigenvalue weighted by atomic mass is 10.2. The Morgan fingerprint density at radius 3 is 2.67 bits per heavy atom. The smallest absolute Gasteiger partial charge is 0.156 e. The number of Topliss-reactive ketones (excluding diaryl/α,β-unsaturated/α-hetero) is 1. The van der Waals surface area contributed by atoms with Gasteiger partial charge in [0.2, 0.25) is 0 Å². The zero-order valence-electron chi connectivity index (χ0n) is 4.64. The molecule has 0 aromatic rings. The number of rotatable bonds is 4. The van der Waals surface area contributed by atoms with Crippen LogP contribution in [0, 0.1) is 0 Å². The molecule has 4 heteroatoms. The Balaban J connectivity index is 3.58. The van der Waals surface area contributed by atoms with E-state index in [0.717, 1.165) is 6.29 Å². The van der Waals surface area contributed by atoms with E-state index in [-0.39, 0.29) is 17.0 Å². The molecule has 0 amide bonds. The van der Waals surface area contributed by atoms with Crippen LogP contribution in [0.1, 0.15) is 6.42 Å². The fraction of sp³-hybridized carbons (Fsp3) is 0.600. The number of halogens is 2. The summed E-state index contributed by atoms with van der Waals surface area (Å²) in [5.74, 6) is 0.0719. The quantitative estimate of drug-likeness (QED) is 0.446. The van der Waals surface area contributed by atoms with E-state index in [4.69, 9.17) is 0 Å². The maximum absolute atomic E-state index is 10.7. The van der Waals surface area contributed by atoms with Crippen molar-refractivity contribution in [1.29, 1.82) is 0 Å². The van der Waals surface area contributed by atoms with Crippen LogP contribution in [0.15, 0.2) is 0 Å². The van der Waals surface area contributed by atoms with Crippen LogP contribution in [0.2, 0.25) is 0 Å². The third-order valence-electron chi connectivity index (χ3n) is 0.784. The van der Waals surface area contributed by atoms with Gasteiger partial charge in [-0.2, -0.15) is 0 Å². The van der Waals surface area contributed by atoms with Gasteiger partial charge in [-0.1, -0.05) is 38.5 Å². The van der Waals surface area contributed by atoms with Gasteiger partial charge in [-0.05, 0) is 0 Å². The predicted octanol–water partition coefficient (Wildman–Crippen LogP) is 1.34. The van der Waals surface area contributed by atoms with E-state index in [1.807, 2.05) is 22.6 Å². The van der Waals surface area contributed by atoms with Gasteiger partial charge in [0.15, 0.2) is 5.78 Å². The molecule has 0 fully saturated rings. The molecular formula is C5H6BrIO2. The molecule has 0 heterocycles. The molecule has 0 aliphatic heterocycles. The summed E-state index contributed by atoms with van der Waals surface area (Å²) in [4.78, 5) is 20.3. The van der Waals surface area contributed by atoms with E-state index < -0.39 is 0 Å². The molecule has 52 valence electrons. The number of aldehydes is 1. The first-order valence-electron chi connectivity index (χ1n) is 2.38. The van der Waals surface area contributed by atoms with Crippen LogP contribution < -0.4 is 0 Å². The molecule has 2 nitrogen and oxygen atoms in total. The Morgan fingerprint density at radius 1 is 1.78 bits per heavy atom. The van der Waals surface area contributed by atoms with Crippen molar-refractivity contribution in [2.75, 3.05) is 4.43 Å². The third kappa shape index (κ3) is 4.02. The van der Waals surface area contributed by atoms with Gasteiger partial charge in [0, 0.05) is 6.42 Å². The Bertz CT molecular complexity index is 116. The molecule has 0 rings (SSSR count). The van der Waals surface area contributed by atoms with Crippen molar-refractivity contribution in [2.24, 2.45) is 0 Å². The molecule has 9 heavy (non-hydrogen) atoms. The highest BCUT2D eigenvalue weighted by Crippen LogP contribution is 2.05. The molecule has 0 aliphatic rings. The monoisotopic (exact) mass is 304 g/mol. The first-order chi connectivity index (χ1) is 4.22. The molecule has 0 bridgehead atoms. The maximum Gasteiger partial charge on any atom is 0.156 e. The van der Waals surface area contributed by atoms with Crippen molar-refractivity contribution in [3.8, 4) is 0 Å². The van der Waals surface area contributed by atoms with Gasteiger partial charge in [0.25, 0.3) is 0 Å². The fourth-order valence-electron chi connectivity index (χ4n) is 0.300. The number of hydrogen-bond acceptors (Lipinski definition) is 2. The van der Waals surface area contributed by atoms with Gasteiger partial charge in [-0.25, -0.2) is 0 Å². The molecule has 0 aliphatic carbocycles. The van der Waals surface area contributed by atoms with E-state index >= 15 is 0 Å². The van der Waals surface area contributed by atoms with Gasteiger partial charge in [-0.15, -0.1) is 0 Å². The van der Waals surface area contributed by atoms with Gasteiger partial charge < -0.3 is 4.79 Å². The second kappa shape index (κ2) is 5.34. The lowest BCUT2D eigenvalue weighted by Gasteiger charge is -1.98. The summed E-state index contributed by atoms with van der Waals surface area (Å²) in [6.45, 7) is 0. The first-order valence-corrected chi connectivity index (χ1v) is 4.83. The van der Waals surface area contributed by atoms with Crippen LogP contribution >= 0.6 is 38.5 Å². The van der Waals surface area contributed by atoms with Crippen molar-refractivity contribution in [3.05, 3.63) is 0 Å². The standard InChI is InChI=1S/C5H6BrIO2/c6-4(1-2-8)5(9)3-7/h2,4H,1,3H2. The van der Waals surface area contributed by atoms with Crippen LogP contribution in [0.3, 0.4) is 0 Å². The van der Waals surface area contributed by atoms with E-state index in [1.165, 1.54) is 0 Å². The van der Waals surface area contributed by atoms with Crippen molar-refractivity contribution in [3.63, 3.8) is 0 Å². The molecule has 0 N–H and O–H groups in total. The van der Waals surface area contributed by atoms with E-state index in [0.29, 0.717) is 4.43 Å². The predicted molar refractivity (Wildman–Crippen MR) is 47.3 cm³/mol. The largest absolute Gasteiger partial charge is 0.303 e. The topological polar surface area (TPSA) is 34.1 Å². The van der Waals surface area contributed by atoms with Gasteiger partial charge >= 0.3 is 0 Å². The molecule has 0 saturated heterocycles. The van der Waals surface area contributed by atoms with Gasteiger partial charge in [0.05, 0.1) is 9.25 Å². The average Bonchev–Trinajstić information content (AvgIpc) is 1.87. The van der Waals surface area contributed by atoms with Crippen molar-refractivity contribution >= 4 is 50.6 Å². The van der Waals surface area contributed by atoms with Crippen LogP contribution in [0.25, 0.3) is 0 Å². The number of carbonyl (C=O) groups is 2. The van der Waals surface area contributed by atoms with Crippen LogP contribution in [-0.2, 0) is 9.59 Å². The third-order valence-corrected chi connectivity index (χ3v) is 2.42. The highest BCUT2D eigenvalue weighted by molar-refractivity contribution is 14.1. The lowest BCUT2D eigenvalue weighted by molar-refractivity contribution is -0.117. The van der Waals surface area contributed by atoms with Crippen LogP contribution in [0.4, 0.5) is 0 Å². The van der Waals surface area contributed by atoms with Crippen LogP contribution in [-0.4, -0.2) is 21.3 Å². The minimum atomic E-state index is -0.271. The summed E-state index contributed by atoms with van der Waals surface area (Å²) in [7, 11) is 0. The number of alkyl halides is 2. The Morgan fingerprint density at radius 2 is 2.33 bits per heavy atom. The second-order valence-electron chi connectivity index (χ2n) is 1.47. The van der Waals surface area contributed by atoms with E-state index in [2.05, 4.69) is 15.9 Å². The molecule has 0 aromatic heterocycles. The summed E-state index contributed by atoms with van der Waals surface area (Å²) in [5, 5.41) is 0. The molecule has 1 unspecified atom stereocenters. The summed E-state index contributed by atoms with van der Waals surface area (Å²) < 4.78 is 0.460. The van der Waals surface area contributed by atoms with Crippen LogP contribution in [0.5, 0.6) is 0 Å². The van der Waals surface area contributed by atoms with Crippen molar-refractivity contribution < 1.29 is 9.59 Å². The Hall–Kier alpha value is 0.550. The Kier molecular flexibility index (Phi) is 5.67.